The Kier molecular flexibility index (Phi) is 4.02. The van der Waals surface area contributed by atoms with Gasteiger partial charge < -0.3 is 5.32 Å². The largest absolute Gasteiger partial charge is 0.324 e. The van der Waals surface area contributed by atoms with Crippen LogP contribution in [0.4, 0.5) is 16.3 Å². The molecule has 4 nitrogen and oxygen atoms in total. The molecule has 19 heavy (non-hydrogen) atoms. The van der Waals surface area contributed by atoms with Crippen molar-refractivity contribution >= 4 is 29.1 Å². The number of urea groups is 1. The lowest BCUT2D eigenvalue weighted by atomic mass is 10.2. The number of hydrogen-bond acceptors (Lipinski definition) is 2. The highest BCUT2D eigenvalue weighted by Gasteiger charge is 2.06. The first-order valence-electron chi connectivity index (χ1n) is 5.81. The molecule has 0 atom stereocenters. The van der Waals surface area contributed by atoms with Crippen LogP contribution < -0.4 is 10.6 Å². The van der Waals surface area contributed by atoms with Crippen molar-refractivity contribution in [2.75, 3.05) is 10.6 Å². The SMILES string of the molecule is Cc1ccc(NC(=O)Nc2cc(Cl)ccc2C)nc1. The van der Waals surface area contributed by atoms with Crippen LogP contribution in [-0.2, 0) is 0 Å². The van der Waals surface area contributed by atoms with Gasteiger partial charge in [-0.3, -0.25) is 5.32 Å². The fourth-order valence-electron chi connectivity index (χ4n) is 1.54. The van der Waals surface area contributed by atoms with Crippen LogP contribution in [0.3, 0.4) is 0 Å². The Hall–Kier alpha value is -2.07. The number of amides is 2. The van der Waals surface area contributed by atoms with Crippen molar-refractivity contribution in [3.8, 4) is 0 Å². The summed E-state index contributed by atoms with van der Waals surface area (Å²) in [5, 5.41) is 5.98. The molecule has 0 aliphatic carbocycles. The van der Waals surface area contributed by atoms with Gasteiger partial charge in [-0.05, 0) is 43.2 Å². The van der Waals surface area contributed by atoms with E-state index in [0.29, 0.717) is 16.5 Å². The van der Waals surface area contributed by atoms with Gasteiger partial charge in [0.25, 0.3) is 0 Å². The van der Waals surface area contributed by atoms with Gasteiger partial charge in [0, 0.05) is 16.9 Å². The Labute approximate surface area is 116 Å². The first-order valence-corrected chi connectivity index (χ1v) is 6.19. The Balaban J connectivity index is 2.05. The molecule has 2 N–H and O–H groups in total. The van der Waals surface area contributed by atoms with E-state index in [4.69, 9.17) is 11.6 Å². The molecule has 2 amide bonds. The molecule has 1 aromatic heterocycles. The fourth-order valence-corrected chi connectivity index (χ4v) is 1.71. The van der Waals surface area contributed by atoms with Crippen molar-refractivity contribution in [2.24, 2.45) is 0 Å². The van der Waals surface area contributed by atoms with E-state index in [1.807, 2.05) is 26.0 Å². The number of aromatic nitrogens is 1. The number of anilines is 2. The molecule has 2 rings (SSSR count). The minimum atomic E-state index is -0.346. The zero-order chi connectivity index (χ0) is 13.8. The molecule has 5 heteroatoms. The number of rotatable bonds is 2. The zero-order valence-corrected chi connectivity index (χ0v) is 11.5. The highest BCUT2D eigenvalue weighted by Crippen LogP contribution is 2.20. The first-order chi connectivity index (χ1) is 9.04. The summed E-state index contributed by atoms with van der Waals surface area (Å²) >= 11 is 5.89. The molecule has 1 heterocycles. The van der Waals surface area contributed by atoms with Crippen molar-refractivity contribution in [1.29, 1.82) is 0 Å². The molecule has 0 unspecified atom stereocenters. The van der Waals surface area contributed by atoms with Crippen LogP contribution in [0.2, 0.25) is 5.02 Å². The molecule has 1 aromatic carbocycles. The third-order valence-corrected chi connectivity index (χ3v) is 2.84. The molecule has 0 aliphatic heterocycles. The molecule has 0 saturated carbocycles. The lowest BCUT2D eigenvalue weighted by Crippen LogP contribution is -2.20. The number of halogens is 1. The number of nitrogens with zero attached hydrogens (tertiary/aromatic N) is 1. The smallest absolute Gasteiger partial charge is 0.307 e. The lowest BCUT2D eigenvalue weighted by molar-refractivity contribution is 0.262. The second kappa shape index (κ2) is 5.71. The van der Waals surface area contributed by atoms with Crippen LogP contribution in [-0.4, -0.2) is 11.0 Å². The van der Waals surface area contributed by atoms with Crippen molar-refractivity contribution < 1.29 is 4.79 Å². The number of nitrogens with one attached hydrogen (secondary N) is 2. The molecule has 0 spiro atoms. The number of benzene rings is 1. The van der Waals surface area contributed by atoms with Gasteiger partial charge in [-0.25, -0.2) is 9.78 Å². The van der Waals surface area contributed by atoms with Crippen LogP contribution in [0, 0.1) is 13.8 Å². The standard InChI is InChI=1S/C14H14ClN3O/c1-9-3-6-13(16-8-9)18-14(19)17-12-7-11(15)5-4-10(12)2/h3-8H,1-2H3,(H2,16,17,18,19). The number of carbonyl (C=O) groups is 1. The predicted octanol–water partition coefficient (Wildman–Crippen LogP) is 4.00. The summed E-state index contributed by atoms with van der Waals surface area (Å²) in [4.78, 5) is 15.9. The van der Waals surface area contributed by atoms with Gasteiger partial charge >= 0.3 is 6.03 Å². The van der Waals surface area contributed by atoms with E-state index in [2.05, 4.69) is 15.6 Å². The third kappa shape index (κ3) is 3.69. The van der Waals surface area contributed by atoms with Crippen LogP contribution in [0.1, 0.15) is 11.1 Å². The molecule has 0 aliphatic rings. The number of pyridine rings is 1. The zero-order valence-electron chi connectivity index (χ0n) is 10.7. The summed E-state index contributed by atoms with van der Waals surface area (Å²) in [5.74, 6) is 0.503. The second-order valence-electron chi connectivity index (χ2n) is 4.26. The Morgan fingerprint density at radius 1 is 1.16 bits per heavy atom. The van der Waals surface area contributed by atoms with E-state index in [-0.39, 0.29) is 6.03 Å². The van der Waals surface area contributed by atoms with Crippen LogP contribution >= 0.6 is 11.6 Å². The molecule has 0 saturated heterocycles. The van der Waals surface area contributed by atoms with Gasteiger partial charge in [0.2, 0.25) is 0 Å². The summed E-state index contributed by atoms with van der Waals surface area (Å²) in [6.45, 7) is 3.84. The van der Waals surface area contributed by atoms with Gasteiger partial charge in [0.15, 0.2) is 0 Å². The summed E-state index contributed by atoms with van der Waals surface area (Å²) in [6.07, 6.45) is 1.69. The van der Waals surface area contributed by atoms with E-state index < -0.39 is 0 Å². The average Bonchev–Trinajstić information content (AvgIpc) is 2.37. The quantitative estimate of drug-likeness (QED) is 0.870. The molecular weight excluding hydrogens is 262 g/mol. The molecule has 0 bridgehead atoms. The van der Waals surface area contributed by atoms with Crippen molar-refractivity contribution in [3.05, 3.63) is 52.7 Å². The summed E-state index contributed by atoms with van der Waals surface area (Å²) in [6, 6.07) is 8.62. The van der Waals surface area contributed by atoms with Gasteiger partial charge in [0.1, 0.15) is 5.82 Å². The minimum Gasteiger partial charge on any atom is -0.307 e. The monoisotopic (exact) mass is 275 g/mol. The van der Waals surface area contributed by atoms with E-state index >= 15 is 0 Å². The Morgan fingerprint density at radius 3 is 2.63 bits per heavy atom. The molecular formula is C14H14ClN3O. The lowest BCUT2D eigenvalue weighted by Gasteiger charge is -2.09. The van der Waals surface area contributed by atoms with Gasteiger partial charge in [-0.1, -0.05) is 23.7 Å². The first kappa shape index (κ1) is 13.4. The highest BCUT2D eigenvalue weighted by atomic mass is 35.5. The maximum absolute atomic E-state index is 11.8. The number of aryl methyl sites for hydroxylation is 2. The topological polar surface area (TPSA) is 54.0 Å². The van der Waals surface area contributed by atoms with E-state index in [0.717, 1.165) is 11.1 Å². The van der Waals surface area contributed by atoms with Gasteiger partial charge in [-0.15, -0.1) is 0 Å². The minimum absolute atomic E-state index is 0.346. The highest BCUT2D eigenvalue weighted by molar-refractivity contribution is 6.31. The normalized spacial score (nSPS) is 10.1. The third-order valence-electron chi connectivity index (χ3n) is 2.60. The second-order valence-corrected chi connectivity index (χ2v) is 4.70. The van der Waals surface area contributed by atoms with E-state index in [1.54, 1.807) is 24.4 Å². The maximum atomic E-state index is 11.8. The summed E-state index contributed by atoms with van der Waals surface area (Å²) < 4.78 is 0. The molecule has 2 aromatic rings. The summed E-state index contributed by atoms with van der Waals surface area (Å²) in [7, 11) is 0. The van der Waals surface area contributed by atoms with E-state index in [9.17, 15) is 4.79 Å². The fraction of sp³-hybridized carbons (Fsp3) is 0.143. The predicted molar refractivity (Wildman–Crippen MR) is 77.8 cm³/mol. The van der Waals surface area contributed by atoms with Crippen LogP contribution in [0.25, 0.3) is 0 Å². The van der Waals surface area contributed by atoms with Crippen molar-refractivity contribution in [2.45, 2.75) is 13.8 Å². The molecule has 0 fully saturated rings. The molecule has 0 radical (unpaired) electrons. The van der Waals surface area contributed by atoms with Gasteiger partial charge in [0.05, 0.1) is 0 Å². The van der Waals surface area contributed by atoms with E-state index in [1.165, 1.54) is 0 Å². The number of carbonyl (C=O) groups excluding carboxylic acids is 1. The average molecular weight is 276 g/mol. The maximum Gasteiger partial charge on any atom is 0.324 e. The summed E-state index contributed by atoms with van der Waals surface area (Å²) in [5.41, 5.74) is 2.66. The molecule has 98 valence electrons. The van der Waals surface area contributed by atoms with Gasteiger partial charge in [-0.2, -0.15) is 0 Å². The van der Waals surface area contributed by atoms with Crippen LogP contribution in [0.15, 0.2) is 36.5 Å². The Bertz CT molecular complexity index is 596. The Morgan fingerprint density at radius 2 is 1.95 bits per heavy atom. The van der Waals surface area contributed by atoms with Crippen LogP contribution in [0.5, 0.6) is 0 Å². The number of hydrogen-bond donors (Lipinski definition) is 2. The van der Waals surface area contributed by atoms with Crippen molar-refractivity contribution in [1.82, 2.24) is 4.98 Å². The van der Waals surface area contributed by atoms with Crippen molar-refractivity contribution in [3.63, 3.8) is 0 Å².